The number of rotatable bonds is 10. The first-order chi connectivity index (χ1) is 14.9. The summed E-state index contributed by atoms with van der Waals surface area (Å²) in [6.07, 6.45) is 1.52. The minimum atomic E-state index is -3.63. The molecular formula is C23H21NO6S. The van der Waals surface area contributed by atoms with Crippen LogP contribution in [-0.4, -0.2) is 32.7 Å². The van der Waals surface area contributed by atoms with Crippen molar-refractivity contribution in [2.75, 3.05) is 17.9 Å². The summed E-state index contributed by atoms with van der Waals surface area (Å²) in [4.78, 5) is 10.8. The topological polar surface area (TPSA) is 102 Å². The van der Waals surface area contributed by atoms with E-state index in [4.69, 9.17) is 14.6 Å². The van der Waals surface area contributed by atoms with Crippen LogP contribution in [0.25, 0.3) is 6.08 Å². The third kappa shape index (κ3) is 7.20. The number of hydrogen-bond acceptors (Lipinski definition) is 5. The zero-order chi connectivity index (χ0) is 22.1. The Morgan fingerprint density at radius 3 is 1.94 bits per heavy atom. The zero-order valence-corrected chi connectivity index (χ0v) is 17.3. The number of aromatic carboxylic acids is 1. The number of hydrogen-bond donors (Lipinski definition) is 2. The van der Waals surface area contributed by atoms with Crippen LogP contribution in [0.15, 0.2) is 84.3 Å². The first-order valence-electron chi connectivity index (χ1n) is 9.36. The van der Waals surface area contributed by atoms with Crippen molar-refractivity contribution in [3.63, 3.8) is 0 Å². The summed E-state index contributed by atoms with van der Waals surface area (Å²) in [6, 6.07) is 21.8. The van der Waals surface area contributed by atoms with Gasteiger partial charge in [-0.1, -0.05) is 30.3 Å². The molecule has 8 heteroatoms. The van der Waals surface area contributed by atoms with Gasteiger partial charge in [0, 0.05) is 5.69 Å². The summed E-state index contributed by atoms with van der Waals surface area (Å²) < 4.78 is 37.9. The van der Waals surface area contributed by atoms with Crippen LogP contribution >= 0.6 is 0 Å². The minimum Gasteiger partial charge on any atom is -0.490 e. The lowest BCUT2D eigenvalue weighted by Gasteiger charge is -2.10. The molecule has 0 saturated carbocycles. The molecule has 0 heterocycles. The van der Waals surface area contributed by atoms with Crippen molar-refractivity contribution in [2.45, 2.75) is 0 Å². The zero-order valence-electron chi connectivity index (χ0n) is 16.5. The normalized spacial score (nSPS) is 11.2. The van der Waals surface area contributed by atoms with Gasteiger partial charge in [0.25, 0.3) is 10.0 Å². The van der Waals surface area contributed by atoms with E-state index in [9.17, 15) is 13.2 Å². The third-order valence-corrected chi connectivity index (χ3v) is 5.09. The molecule has 0 aliphatic carbocycles. The van der Waals surface area contributed by atoms with E-state index in [0.29, 0.717) is 17.2 Å². The predicted molar refractivity (Wildman–Crippen MR) is 119 cm³/mol. The van der Waals surface area contributed by atoms with Gasteiger partial charge in [-0.2, -0.15) is 0 Å². The van der Waals surface area contributed by atoms with Gasteiger partial charge in [0.15, 0.2) is 0 Å². The van der Waals surface area contributed by atoms with E-state index in [1.807, 2.05) is 30.3 Å². The maximum atomic E-state index is 12.2. The second kappa shape index (κ2) is 10.3. The van der Waals surface area contributed by atoms with Crippen LogP contribution in [-0.2, 0) is 10.0 Å². The summed E-state index contributed by atoms with van der Waals surface area (Å²) in [5.74, 6) is 0.113. The fraction of sp³-hybridized carbons (Fsp3) is 0.0870. The number of carboxylic acids is 1. The second-order valence-electron chi connectivity index (χ2n) is 6.41. The molecule has 0 atom stereocenters. The largest absolute Gasteiger partial charge is 0.490 e. The molecule has 3 rings (SSSR count). The Hall–Kier alpha value is -3.78. The number of benzene rings is 3. The Kier molecular flexibility index (Phi) is 7.29. The van der Waals surface area contributed by atoms with E-state index in [2.05, 4.69) is 4.72 Å². The Labute approximate surface area is 180 Å². The van der Waals surface area contributed by atoms with Gasteiger partial charge in [-0.15, -0.1) is 0 Å². The highest BCUT2D eigenvalue weighted by Gasteiger charge is 2.06. The van der Waals surface area contributed by atoms with Gasteiger partial charge in [-0.25, -0.2) is 13.2 Å². The number of carbonyl (C=O) groups is 1. The lowest BCUT2D eigenvalue weighted by molar-refractivity contribution is 0.0697. The van der Waals surface area contributed by atoms with Gasteiger partial charge < -0.3 is 14.6 Å². The van der Waals surface area contributed by atoms with E-state index in [-0.39, 0.29) is 18.8 Å². The third-order valence-electron chi connectivity index (χ3n) is 4.08. The van der Waals surface area contributed by atoms with E-state index in [0.717, 1.165) is 11.0 Å². The van der Waals surface area contributed by atoms with Gasteiger partial charge in [0.1, 0.15) is 24.7 Å². The Balaban J connectivity index is 1.45. The van der Waals surface area contributed by atoms with Crippen LogP contribution in [0, 0.1) is 0 Å². The molecule has 0 aliphatic heterocycles. The monoisotopic (exact) mass is 439 g/mol. The van der Waals surface area contributed by atoms with Gasteiger partial charge in [-0.3, -0.25) is 4.72 Å². The average molecular weight is 439 g/mol. The van der Waals surface area contributed by atoms with Crippen LogP contribution in [0.5, 0.6) is 11.5 Å². The first-order valence-corrected chi connectivity index (χ1v) is 10.9. The number of nitrogens with one attached hydrogen (secondary N) is 1. The van der Waals surface area contributed by atoms with Gasteiger partial charge in [0.2, 0.25) is 0 Å². The van der Waals surface area contributed by atoms with Crippen molar-refractivity contribution in [3.8, 4) is 11.5 Å². The van der Waals surface area contributed by atoms with Crippen LogP contribution < -0.4 is 14.2 Å². The maximum absolute atomic E-state index is 12.2. The maximum Gasteiger partial charge on any atom is 0.335 e. The van der Waals surface area contributed by atoms with Crippen molar-refractivity contribution < 1.29 is 27.8 Å². The molecule has 7 nitrogen and oxygen atoms in total. The molecule has 0 spiro atoms. The van der Waals surface area contributed by atoms with Crippen molar-refractivity contribution in [1.29, 1.82) is 0 Å². The highest BCUT2D eigenvalue weighted by molar-refractivity contribution is 7.95. The average Bonchev–Trinajstić information content (AvgIpc) is 2.77. The molecule has 0 aromatic heterocycles. The Bertz CT molecular complexity index is 1120. The summed E-state index contributed by atoms with van der Waals surface area (Å²) in [5, 5.41) is 9.99. The molecule has 0 amide bonds. The number of carboxylic acid groups (broad SMARTS) is 1. The molecule has 0 saturated heterocycles. The molecule has 160 valence electrons. The molecule has 0 bridgehead atoms. The molecule has 0 unspecified atom stereocenters. The fourth-order valence-corrected chi connectivity index (χ4v) is 3.43. The quantitative estimate of drug-likeness (QED) is 0.458. The predicted octanol–water partition coefficient (Wildman–Crippen LogP) is 4.26. The highest BCUT2D eigenvalue weighted by Crippen LogP contribution is 2.18. The molecule has 2 N–H and O–H groups in total. The lowest BCUT2D eigenvalue weighted by atomic mass is 10.2. The number of sulfonamides is 1. The molecule has 31 heavy (non-hydrogen) atoms. The summed E-state index contributed by atoms with van der Waals surface area (Å²) in [5.41, 5.74) is 1.39. The van der Waals surface area contributed by atoms with Gasteiger partial charge in [-0.05, 0) is 60.2 Å². The van der Waals surface area contributed by atoms with Crippen LogP contribution in [0.2, 0.25) is 0 Å². The van der Waals surface area contributed by atoms with E-state index < -0.39 is 16.0 Å². The molecular weight excluding hydrogens is 418 g/mol. The van der Waals surface area contributed by atoms with E-state index >= 15 is 0 Å². The molecule has 0 radical (unpaired) electrons. The highest BCUT2D eigenvalue weighted by atomic mass is 32.2. The number of ether oxygens (including phenoxy) is 2. The molecule has 0 aliphatic rings. The first kappa shape index (κ1) is 21.9. The van der Waals surface area contributed by atoms with Crippen LogP contribution in [0.3, 0.4) is 0 Å². The van der Waals surface area contributed by atoms with Gasteiger partial charge >= 0.3 is 5.97 Å². The Morgan fingerprint density at radius 2 is 1.39 bits per heavy atom. The smallest absolute Gasteiger partial charge is 0.335 e. The summed E-state index contributed by atoms with van der Waals surface area (Å²) in [6.45, 7) is 0.538. The molecule has 3 aromatic rings. The van der Waals surface area contributed by atoms with Crippen LogP contribution in [0.1, 0.15) is 15.9 Å². The van der Waals surface area contributed by atoms with Crippen molar-refractivity contribution in [2.24, 2.45) is 0 Å². The Morgan fingerprint density at radius 1 is 0.839 bits per heavy atom. The fourth-order valence-electron chi connectivity index (χ4n) is 2.56. The lowest BCUT2D eigenvalue weighted by Crippen LogP contribution is -2.10. The molecule has 0 fully saturated rings. The van der Waals surface area contributed by atoms with E-state index in [1.54, 1.807) is 36.4 Å². The van der Waals surface area contributed by atoms with Crippen molar-refractivity contribution in [1.82, 2.24) is 0 Å². The van der Waals surface area contributed by atoms with Crippen molar-refractivity contribution >= 4 is 27.8 Å². The summed E-state index contributed by atoms with van der Waals surface area (Å²) >= 11 is 0. The second-order valence-corrected chi connectivity index (χ2v) is 7.98. The standard InChI is InChI=1S/C23H21NO6S/c25-23(26)19-6-10-21(11-7-19)29-15-16-30-22-12-8-20(9-13-22)24-31(27,28)17-14-18-4-2-1-3-5-18/h1-14,17,24H,15-16H2,(H,25,26)/b17-14+. The number of anilines is 1. The van der Waals surface area contributed by atoms with Crippen molar-refractivity contribution in [3.05, 3.63) is 95.4 Å². The SMILES string of the molecule is O=C(O)c1ccc(OCCOc2ccc(NS(=O)(=O)/C=C/c3ccccc3)cc2)cc1. The minimum absolute atomic E-state index is 0.190. The van der Waals surface area contributed by atoms with E-state index in [1.165, 1.54) is 18.2 Å². The van der Waals surface area contributed by atoms with Gasteiger partial charge in [0.05, 0.1) is 11.0 Å². The summed E-state index contributed by atoms with van der Waals surface area (Å²) in [7, 11) is -3.63. The molecule has 3 aromatic carbocycles. The van der Waals surface area contributed by atoms with Crippen LogP contribution in [0.4, 0.5) is 5.69 Å².